The molecular formula is C13H13ClN2O3. The summed E-state index contributed by atoms with van der Waals surface area (Å²) >= 11 is 6.07. The summed E-state index contributed by atoms with van der Waals surface area (Å²) in [6, 6.07) is 6.89. The second kappa shape index (κ2) is 5.55. The van der Waals surface area contributed by atoms with Gasteiger partial charge in [-0.1, -0.05) is 17.7 Å². The predicted octanol–water partition coefficient (Wildman–Crippen LogP) is 3.11. The highest BCUT2D eigenvalue weighted by molar-refractivity contribution is 6.31. The minimum atomic E-state index is -0.617. The number of ether oxygens (including phenoxy) is 1. The van der Waals surface area contributed by atoms with Crippen molar-refractivity contribution < 1.29 is 9.66 Å². The molecule has 1 heterocycles. The topological polar surface area (TPSA) is 76.2 Å². The van der Waals surface area contributed by atoms with E-state index in [-0.39, 0.29) is 5.69 Å². The lowest BCUT2D eigenvalue weighted by Gasteiger charge is -2.30. The Bertz CT molecular complexity index is 533. The number of halogens is 1. The molecule has 0 bridgehead atoms. The molecule has 2 rings (SSSR count). The minimum absolute atomic E-state index is 0.0198. The maximum absolute atomic E-state index is 11.0. The van der Waals surface area contributed by atoms with Crippen molar-refractivity contribution in [3.63, 3.8) is 0 Å². The Balaban J connectivity index is 2.37. The van der Waals surface area contributed by atoms with Crippen LogP contribution in [0.2, 0.25) is 5.02 Å². The van der Waals surface area contributed by atoms with Crippen LogP contribution in [-0.4, -0.2) is 18.1 Å². The smallest absolute Gasteiger partial charge is 0.274 e. The summed E-state index contributed by atoms with van der Waals surface area (Å²) in [6.45, 7) is 1.01. The van der Waals surface area contributed by atoms with E-state index in [1.807, 2.05) is 0 Å². The fraction of sp³-hybridized carbons (Fsp3) is 0.462. The van der Waals surface area contributed by atoms with Gasteiger partial charge in [-0.25, -0.2) is 0 Å². The van der Waals surface area contributed by atoms with E-state index < -0.39 is 10.3 Å². The second-order valence-corrected chi connectivity index (χ2v) is 5.08. The molecule has 0 radical (unpaired) electrons. The van der Waals surface area contributed by atoms with Crippen molar-refractivity contribution in [3.05, 3.63) is 38.9 Å². The third kappa shape index (κ3) is 2.86. The molecule has 1 aromatic rings. The van der Waals surface area contributed by atoms with Gasteiger partial charge in [0.2, 0.25) is 0 Å². The SMILES string of the molecule is N#CC1(Cc2c(Cl)cccc2[N+](=O)[O-])CCOCC1. The molecule has 1 fully saturated rings. The standard InChI is InChI=1S/C13H13ClN2O3/c14-11-2-1-3-12(16(17)18)10(11)8-13(9-15)4-6-19-7-5-13/h1-3H,4-8H2. The average Bonchev–Trinajstić information content (AvgIpc) is 2.42. The van der Waals surface area contributed by atoms with Gasteiger partial charge < -0.3 is 4.74 Å². The molecular weight excluding hydrogens is 268 g/mol. The van der Waals surface area contributed by atoms with E-state index >= 15 is 0 Å². The molecule has 0 N–H and O–H groups in total. The quantitative estimate of drug-likeness (QED) is 0.629. The molecule has 0 amide bonds. The first-order valence-corrected chi connectivity index (χ1v) is 6.36. The lowest BCUT2D eigenvalue weighted by Crippen LogP contribution is -2.30. The number of nitriles is 1. The second-order valence-electron chi connectivity index (χ2n) is 4.68. The lowest BCUT2D eigenvalue weighted by atomic mass is 9.76. The maximum Gasteiger partial charge on any atom is 0.274 e. The fourth-order valence-electron chi connectivity index (χ4n) is 2.32. The van der Waals surface area contributed by atoms with E-state index in [4.69, 9.17) is 16.3 Å². The van der Waals surface area contributed by atoms with Gasteiger partial charge in [0.1, 0.15) is 0 Å². The van der Waals surface area contributed by atoms with E-state index in [2.05, 4.69) is 6.07 Å². The number of benzene rings is 1. The average molecular weight is 281 g/mol. The van der Waals surface area contributed by atoms with Crippen molar-refractivity contribution in [3.8, 4) is 6.07 Å². The van der Waals surface area contributed by atoms with Gasteiger partial charge in [0.25, 0.3) is 5.69 Å². The molecule has 0 saturated carbocycles. The Morgan fingerprint density at radius 3 is 2.74 bits per heavy atom. The Labute approximate surface area is 115 Å². The number of hydrogen-bond donors (Lipinski definition) is 0. The van der Waals surface area contributed by atoms with Crippen molar-refractivity contribution in [2.45, 2.75) is 19.3 Å². The van der Waals surface area contributed by atoms with E-state index in [1.165, 1.54) is 6.07 Å². The summed E-state index contributed by atoms with van der Waals surface area (Å²) in [5.41, 5.74) is -0.195. The van der Waals surface area contributed by atoms with Gasteiger partial charge in [0.15, 0.2) is 0 Å². The summed E-state index contributed by atoms with van der Waals surface area (Å²) in [5.74, 6) is 0. The zero-order chi connectivity index (χ0) is 13.9. The van der Waals surface area contributed by atoms with Crippen molar-refractivity contribution >= 4 is 17.3 Å². The first kappa shape index (κ1) is 13.8. The Morgan fingerprint density at radius 1 is 1.47 bits per heavy atom. The van der Waals surface area contributed by atoms with Crippen LogP contribution < -0.4 is 0 Å². The summed E-state index contributed by atoms with van der Waals surface area (Å²) in [7, 11) is 0. The predicted molar refractivity (Wildman–Crippen MR) is 69.9 cm³/mol. The van der Waals surface area contributed by atoms with Gasteiger partial charge in [-0.3, -0.25) is 10.1 Å². The van der Waals surface area contributed by atoms with Gasteiger partial charge in [0, 0.05) is 24.8 Å². The van der Waals surface area contributed by atoms with Crippen LogP contribution in [0, 0.1) is 26.9 Å². The molecule has 1 aliphatic rings. The molecule has 0 atom stereocenters. The van der Waals surface area contributed by atoms with Crippen LogP contribution in [0.25, 0.3) is 0 Å². The van der Waals surface area contributed by atoms with Gasteiger partial charge in [0.05, 0.1) is 21.4 Å². The largest absolute Gasteiger partial charge is 0.381 e. The summed E-state index contributed by atoms with van der Waals surface area (Å²) in [5, 5.41) is 20.8. The van der Waals surface area contributed by atoms with Crippen LogP contribution in [0.3, 0.4) is 0 Å². The van der Waals surface area contributed by atoms with E-state index in [1.54, 1.807) is 12.1 Å². The molecule has 6 heteroatoms. The number of hydrogen-bond acceptors (Lipinski definition) is 4. The Hall–Kier alpha value is -1.64. The highest BCUT2D eigenvalue weighted by atomic mass is 35.5. The van der Waals surface area contributed by atoms with Gasteiger partial charge in [-0.15, -0.1) is 0 Å². The minimum Gasteiger partial charge on any atom is -0.381 e. The molecule has 19 heavy (non-hydrogen) atoms. The van der Waals surface area contributed by atoms with Crippen molar-refractivity contribution in [2.75, 3.05) is 13.2 Å². The molecule has 1 saturated heterocycles. The third-order valence-electron chi connectivity index (χ3n) is 3.49. The van der Waals surface area contributed by atoms with Crippen LogP contribution >= 0.6 is 11.6 Å². The highest BCUT2D eigenvalue weighted by Gasteiger charge is 2.35. The summed E-state index contributed by atoms with van der Waals surface area (Å²) < 4.78 is 5.25. The lowest BCUT2D eigenvalue weighted by molar-refractivity contribution is -0.385. The van der Waals surface area contributed by atoms with Gasteiger partial charge in [-0.05, 0) is 25.3 Å². The molecule has 5 nitrogen and oxygen atoms in total. The number of nitro groups is 1. The van der Waals surface area contributed by atoms with Crippen LogP contribution in [0.5, 0.6) is 0 Å². The number of nitro benzene ring substituents is 1. The van der Waals surface area contributed by atoms with Crippen LogP contribution in [0.1, 0.15) is 18.4 Å². The summed E-state index contributed by atoms with van der Waals surface area (Å²) in [4.78, 5) is 10.6. The van der Waals surface area contributed by atoms with Crippen LogP contribution in [-0.2, 0) is 11.2 Å². The molecule has 1 aliphatic heterocycles. The molecule has 100 valence electrons. The zero-order valence-electron chi connectivity index (χ0n) is 10.3. The van der Waals surface area contributed by atoms with Gasteiger partial charge in [-0.2, -0.15) is 5.26 Å². The summed E-state index contributed by atoms with van der Waals surface area (Å²) in [6.07, 6.45) is 1.45. The highest BCUT2D eigenvalue weighted by Crippen LogP contribution is 2.38. The van der Waals surface area contributed by atoms with E-state index in [0.29, 0.717) is 43.1 Å². The molecule has 0 aliphatic carbocycles. The molecule has 1 aromatic carbocycles. The fourth-order valence-corrected chi connectivity index (χ4v) is 2.56. The van der Waals surface area contributed by atoms with Crippen LogP contribution in [0.4, 0.5) is 5.69 Å². The van der Waals surface area contributed by atoms with Crippen molar-refractivity contribution in [1.29, 1.82) is 5.26 Å². The Kier molecular flexibility index (Phi) is 4.03. The molecule has 0 aromatic heterocycles. The van der Waals surface area contributed by atoms with Gasteiger partial charge >= 0.3 is 0 Å². The van der Waals surface area contributed by atoms with E-state index in [0.717, 1.165) is 0 Å². The van der Waals surface area contributed by atoms with Crippen molar-refractivity contribution in [1.82, 2.24) is 0 Å². The van der Waals surface area contributed by atoms with Crippen LogP contribution in [0.15, 0.2) is 18.2 Å². The monoisotopic (exact) mass is 280 g/mol. The normalized spacial score (nSPS) is 17.7. The van der Waals surface area contributed by atoms with Crippen molar-refractivity contribution in [2.24, 2.45) is 5.41 Å². The van der Waals surface area contributed by atoms with E-state index in [9.17, 15) is 15.4 Å². The molecule has 0 spiro atoms. The first-order chi connectivity index (χ1) is 9.08. The first-order valence-electron chi connectivity index (χ1n) is 5.99. The number of rotatable bonds is 3. The number of nitrogens with zero attached hydrogens (tertiary/aromatic N) is 2. The maximum atomic E-state index is 11.0. The molecule has 0 unspecified atom stereocenters. The Morgan fingerprint density at radius 2 is 2.16 bits per heavy atom. The zero-order valence-corrected chi connectivity index (χ0v) is 11.0. The third-order valence-corrected chi connectivity index (χ3v) is 3.85.